The first kappa shape index (κ1) is 9.93. The number of aromatic nitrogens is 1. The molecule has 0 bridgehead atoms. The summed E-state index contributed by atoms with van der Waals surface area (Å²) in [7, 11) is 0. The average molecular weight is 202 g/mol. The summed E-state index contributed by atoms with van der Waals surface area (Å²) in [5.41, 5.74) is 8.88. The average Bonchev–Trinajstić information content (AvgIpc) is 2.68. The molecule has 0 spiro atoms. The fraction of sp³-hybridized carbons (Fsp3) is 0.250. The van der Waals surface area contributed by atoms with Gasteiger partial charge in [0.1, 0.15) is 0 Å². The van der Waals surface area contributed by atoms with Gasteiger partial charge in [0, 0.05) is 11.1 Å². The van der Waals surface area contributed by atoms with Crippen molar-refractivity contribution in [1.29, 1.82) is 0 Å². The van der Waals surface area contributed by atoms with Gasteiger partial charge in [-0.25, -0.2) is 0 Å². The molecule has 0 amide bonds. The fourth-order valence-electron chi connectivity index (χ4n) is 1.54. The molecule has 2 rings (SSSR count). The van der Waals surface area contributed by atoms with Crippen LogP contribution >= 0.6 is 0 Å². The van der Waals surface area contributed by atoms with Gasteiger partial charge in [-0.15, -0.1) is 0 Å². The van der Waals surface area contributed by atoms with Crippen LogP contribution in [-0.2, 0) is 6.42 Å². The molecule has 0 saturated carbocycles. The predicted molar refractivity (Wildman–Crippen MR) is 59.4 cm³/mol. The van der Waals surface area contributed by atoms with Crippen LogP contribution in [0.2, 0.25) is 0 Å². The standard InChI is InChI=1S/C12H14N2O/c1-9-2-4-10(5-3-9)12-11(6-7-13)8-14-15-12/h2-5,8H,6-7,13H2,1H3. The lowest BCUT2D eigenvalue weighted by molar-refractivity contribution is 0.431. The monoisotopic (exact) mass is 202 g/mol. The highest BCUT2D eigenvalue weighted by molar-refractivity contribution is 5.60. The number of nitrogens with zero attached hydrogens (tertiary/aromatic N) is 1. The molecule has 3 heteroatoms. The summed E-state index contributed by atoms with van der Waals surface area (Å²) in [5.74, 6) is 0.834. The van der Waals surface area contributed by atoms with E-state index >= 15 is 0 Å². The Bertz CT molecular complexity index is 431. The third-order valence-corrected chi connectivity index (χ3v) is 2.37. The maximum absolute atomic E-state index is 5.52. The van der Waals surface area contributed by atoms with Crippen LogP contribution in [0.15, 0.2) is 35.0 Å². The third-order valence-electron chi connectivity index (χ3n) is 2.37. The molecule has 1 aromatic heterocycles. The highest BCUT2D eigenvalue weighted by atomic mass is 16.5. The molecule has 1 aromatic carbocycles. The minimum atomic E-state index is 0.611. The second-order valence-electron chi connectivity index (χ2n) is 3.58. The van der Waals surface area contributed by atoms with Gasteiger partial charge in [-0.2, -0.15) is 0 Å². The van der Waals surface area contributed by atoms with Gasteiger partial charge in [0.2, 0.25) is 0 Å². The molecule has 0 atom stereocenters. The van der Waals surface area contributed by atoms with E-state index in [1.165, 1.54) is 5.56 Å². The quantitative estimate of drug-likeness (QED) is 0.829. The van der Waals surface area contributed by atoms with Gasteiger partial charge in [-0.05, 0) is 19.9 Å². The Morgan fingerprint density at radius 1 is 1.27 bits per heavy atom. The van der Waals surface area contributed by atoms with E-state index in [1.807, 2.05) is 12.1 Å². The van der Waals surface area contributed by atoms with E-state index in [2.05, 4.69) is 24.2 Å². The number of aryl methyl sites for hydroxylation is 1. The van der Waals surface area contributed by atoms with Crippen LogP contribution in [0.3, 0.4) is 0 Å². The fourth-order valence-corrected chi connectivity index (χ4v) is 1.54. The molecule has 2 N–H and O–H groups in total. The number of nitrogens with two attached hydrogens (primary N) is 1. The minimum Gasteiger partial charge on any atom is -0.356 e. The maximum atomic E-state index is 5.52. The van der Waals surface area contributed by atoms with Crippen LogP contribution in [0, 0.1) is 6.92 Å². The smallest absolute Gasteiger partial charge is 0.170 e. The summed E-state index contributed by atoms with van der Waals surface area (Å²) < 4.78 is 5.24. The molecule has 0 unspecified atom stereocenters. The topological polar surface area (TPSA) is 52.0 Å². The van der Waals surface area contributed by atoms with Crippen LogP contribution in [-0.4, -0.2) is 11.7 Å². The minimum absolute atomic E-state index is 0.611. The van der Waals surface area contributed by atoms with Crippen molar-refractivity contribution in [2.24, 2.45) is 5.73 Å². The van der Waals surface area contributed by atoms with E-state index in [-0.39, 0.29) is 0 Å². The zero-order valence-electron chi connectivity index (χ0n) is 8.73. The van der Waals surface area contributed by atoms with E-state index in [9.17, 15) is 0 Å². The Morgan fingerprint density at radius 3 is 2.67 bits per heavy atom. The van der Waals surface area contributed by atoms with Crippen molar-refractivity contribution in [1.82, 2.24) is 5.16 Å². The van der Waals surface area contributed by atoms with Crippen molar-refractivity contribution < 1.29 is 4.52 Å². The number of rotatable bonds is 3. The third kappa shape index (κ3) is 2.07. The van der Waals surface area contributed by atoms with Gasteiger partial charge in [0.05, 0.1) is 6.20 Å². The summed E-state index contributed by atoms with van der Waals surface area (Å²) in [6, 6.07) is 8.19. The largest absolute Gasteiger partial charge is 0.356 e. The number of benzene rings is 1. The van der Waals surface area contributed by atoms with E-state index in [0.717, 1.165) is 23.3 Å². The van der Waals surface area contributed by atoms with Gasteiger partial charge >= 0.3 is 0 Å². The second kappa shape index (κ2) is 4.28. The van der Waals surface area contributed by atoms with E-state index in [1.54, 1.807) is 6.20 Å². The molecular formula is C12H14N2O. The molecule has 15 heavy (non-hydrogen) atoms. The lowest BCUT2D eigenvalue weighted by Gasteiger charge is -2.00. The van der Waals surface area contributed by atoms with Gasteiger partial charge in [-0.1, -0.05) is 35.0 Å². The van der Waals surface area contributed by atoms with Gasteiger partial charge in [-0.3, -0.25) is 0 Å². The molecule has 1 heterocycles. The lowest BCUT2D eigenvalue weighted by atomic mass is 10.1. The van der Waals surface area contributed by atoms with Crippen LogP contribution in [0.25, 0.3) is 11.3 Å². The van der Waals surface area contributed by atoms with E-state index in [4.69, 9.17) is 10.3 Å². The first-order valence-corrected chi connectivity index (χ1v) is 5.02. The zero-order valence-corrected chi connectivity index (χ0v) is 8.73. The lowest BCUT2D eigenvalue weighted by Crippen LogP contribution is -2.02. The van der Waals surface area contributed by atoms with Crippen molar-refractivity contribution in [2.45, 2.75) is 13.3 Å². The van der Waals surface area contributed by atoms with Crippen LogP contribution in [0.1, 0.15) is 11.1 Å². The normalized spacial score (nSPS) is 10.5. The van der Waals surface area contributed by atoms with Gasteiger partial charge in [0.25, 0.3) is 0 Å². The molecule has 3 nitrogen and oxygen atoms in total. The highest BCUT2D eigenvalue weighted by Crippen LogP contribution is 2.23. The van der Waals surface area contributed by atoms with E-state index < -0.39 is 0 Å². The summed E-state index contributed by atoms with van der Waals surface area (Å²) in [6.07, 6.45) is 2.54. The van der Waals surface area contributed by atoms with Gasteiger partial charge < -0.3 is 10.3 Å². The molecule has 0 fully saturated rings. The molecule has 0 aliphatic heterocycles. The van der Waals surface area contributed by atoms with Crippen molar-refractivity contribution >= 4 is 0 Å². The van der Waals surface area contributed by atoms with Crippen LogP contribution in [0.5, 0.6) is 0 Å². The highest BCUT2D eigenvalue weighted by Gasteiger charge is 2.09. The van der Waals surface area contributed by atoms with Crippen LogP contribution < -0.4 is 5.73 Å². The summed E-state index contributed by atoms with van der Waals surface area (Å²) in [6.45, 7) is 2.67. The summed E-state index contributed by atoms with van der Waals surface area (Å²) in [5, 5.41) is 3.81. The first-order valence-electron chi connectivity index (χ1n) is 5.02. The molecule has 0 radical (unpaired) electrons. The zero-order chi connectivity index (χ0) is 10.7. The Morgan fingerprint density at radius 2 is 2.00 bits per heavy atom. The summed E-state index contributed by atoms with van der Waals surface area (Å²) in [4.78, 5) is 0. The SMILES string of the molecule is Cc1ccc(-c2oncc2CCN)cc1. The Kier molecular flexibility index (Phi) is 2.83. The Labute approximate surface area is 88.9 Å². The molecule has 0 saturated heterocycles. The summed E-state index contributed by atoms with van der Waals surface area (Å²) >= 11 is 0. The first-order chi connectivity index (χ1) is 7.31. The molecule has 0 aliphatic rings. The van der Waals surface area contributed by atoms with Crippen molar-refractivity contribution in [2.75, 3.05) is 6.54 Å². The van der Waals surface area contributed by atoms with Crippen LogP contribution in [0.4, 0.5) is 0 Å². The molecule has 0 aliphatic carbocycles. The van der Waals surface area contributed by atoms with Crippen molar-refractivity contribution in [3.63, 3.8) is 0 Å². The van der Waals surface area contributed by atoms with Crippen molar-refractivity contribution in [3.8, 4) is 11.3 Å². The van der Waals surface area contributed by atoms with E-state index in [0.29, 0.717) is 6.54 Å². The molecule has 78 valence electrons. The second-order valence-corrected chi connectivity index (χ2v) is 3.58. The number of hydrogen-bond donors (Lipinski definition) is 1. The Balaban J connectivity index is 2.36. The molecule has 2 aromatic rings. The Hall–Kier alpha value is -1.61. The molecular weight excluding hydrogens is 188 g/mol. The van der Waals surface area contributed by atoms with Crippen molar-refractivity contribution in [3.05, 3.63) is 41.6 Å². The van der Waals surface area contributed by atoms with Gasteiger partial charge in [0.15, 0.2) is 5.76 Å². The predicted octanol–water partition coefficient (Wildman–Crippen LogP) is 2.15. The number of hydrogen-bond acceptors (Lipinski definition) is 3. The maximum Gasteiger partial charge on any atom is 0.170 e.